The summed E-state index contributed by atoms with van der Waals surface area (Å²) in [6, 6.07) is 9.55. The van der Waals surface area contributed by atoms with Crippen molar-refractivity contribution in [1.29, 1.82) is 0 Å². The van der Waals surface area contributed by atoms with Crippen LogP contribution in [0.2, 0.25) is 10.0 Å². The third-order valence-corrected chi connectivity index (χ3v) is 7.38. The summed E-state index contributed by atoms with van der Waals surface area (Å²) in [5.41, 5.74) is 1.94. The zero-order chi connectivity index (χ0) is 27.4. The van der Waals surface area contributed by atoms with Crippen molar-refractivity contribution < 1.29 is 14.3 Å². The average Bonchev–Trinajstić information content (AvgIpc) is 3.48. The second kappa shape index (κ2) is 12.0. The SMILES string of the molecule is CC(C)(C)C[C@H]1N[C@@H](C(=O)NCCc2ncc[nH]2)[C@H](c2cccc(Cl)c2)[C@@H]1c1cc(F)c(Cl)cc1NCO. The third kappa shape index (κ3) is 6.67. The number of imidazole rings is 1. The normalized spacial score (nSPS) is 21.4. The molecule has 10 heteroatoms. The van der Waals surface area contributed by atoms with Crippen LogP contribution in [0.1, 0.15) is 56.0 Å². The number of H-pyrrole nitrogens is 1. The van der Waals surface area contributed by atoms with E-state index in [1.165, 1.54) is 12.1 Å². The van der Waals surface area contributed by atoms with Crippen molar-refractivity contribution in [2.45, 2.75) is 57.5 Å². The Kier molecular flexibility index (Phi) is 8.98. The maximum absolute atomic E-state index is 14.9. The van der Waals surface area contributed by atoms with Crippen LogP contribution in [-0.2, 0) is 11.2 Å². The fraction of sp³-hybridized carbons (Fsp3) is 0.429. The Morgan fingerprint density at radius 1 is 1.18 bits per heavy atom. The number of halogens is 3. The number of aromatic nitrogens is 2. The van der Waals surface area contributed by atoms with Gasteiger partial charge in [-0.25, -0.2) is 9.37 Å². The molecule has 1 aliphatic rings. The highest BCUT2D eigenvalue weighted by molar-refractivity contribution is 6.31. The van der Waals surface area contributed by atoms with E-state index in [-0.39, 0.29) is 41.0 Å². The van der Waals surface area contributed by atoms with E-state index in [9.17, 15) is 14.3 Å². The van der Waals surface area contributed by atoms with Gasteiger partial charge in [0.2, 0.25) is 5.91 Å². The van der Waals surface area contributed by atoms with E-state index in [1.54, 1.807) is 18.5 Å². The third-order valence-electron chi connectivity index (χ3n) is 6.86. The van der Waals surface area contributed by atoms with Crippen LogP contribution in [0.4, 0.5) is 10.1 Å². The Morgan fingerprint density at radius 3 is 2.63 bits per heavy atom. The zero-order valence-electron chi connectivity index (χ0n) is 21.7. The molecule has 4 atom stereocenters. The standard InChI is InChI=1S/C28H34Cl2FN5O2/c1-28(2,3)14-22-25(18-12-20(31)19(30)13-21(18)35-15-37)24(16-5-4-6-17(29)11-16)26(36-22)27(38)34-8-7-23-32-9-10-33-23/h4-6,9-13,22,24-26,35-37H,7-8,14-15H2,1-3H3,(H,32,33)(H,34,38)/t22-,24-,25-,26-/m1/s1. The van der Waals surface area contributed by atoms with Gasteiger partial charge in [0.1, 0.15) is 18.4 Å². The number of nitrogens with zero attached hydrogens (tertiary/aromatic N) is 1. The molecule has 1 aromatic heterocycles. The van der Waals surface area contributed by atoms with E-state index < -0.39 is 11.9 Å². The van der Waals surface area contributed by atoms with Crippen LogP contribution in [0.25, 0.3) is 0 Å². The molecule has 4 rings (SSSR count). The van der Waals surface area contributed by atoms with Crippen LogP contribution in [-0.4, -0.2) is 46.3 Å². The molecule has 0 radical (unpaired) electrons. The molecule has 3 aromatic rings. The molecule has 0 saturated carbocycles. The minimum Gasteiger partial charge on any atom is -0.377 e. The van der Waals surface area contributed by atoms with Crippen molar-refractivity contribution in [1.82, 2.24) is 20.6 Å². The van der Waals surface area contributed by atoms with Crippen LogP contribution < -0.4 is 16.0 Å². The number of aromatic amines is 1. The predicted molar refractivity (Wildman–Crippen MR) is 149 cm³/mol. The van der Waals surface area contributed by atoms with Crippen LogP contribution >= 0.6 is 23.2 Å². The van der Waals surface area contributed by atoms with Gasteiger partial charge < -0.3 is 26.0 Å². The lowest BCUT2D eigenvalue weighted by molar-refractivity contribution is -0.123. The zero-order valence-corrected chi connectivity index (χ0v) is 23.2. The Hall–Kier alpha value is -2.65. The van der Waals surface area contributed by atoms with Gasteiger partial charge in [-0.1, -0.05) is 56.1 Å². The second-order valence-corrected chi connectivity index (χ2v) is 11.7. The monoisotopic (exact) mass is 561 g/mol. The summed E-state index contributed by atoms with van der Waals surface area (Å²) >= 11 is 12.5. The Bertz CT molecular complexity index is 1250. The van der Waals surface area contributed by atoms with Crippen molar-refractivity contribution in [2.24, 2.45) is 5.41 Å². The summed E-state index contributed by atoms with van der Waals surface area (Å²) < 4.78 is 14.9. The molecule has 0 spiro atoms. The molecule has 7 nitrogen and oxygen atoms in total. The van der Waals surface area contributed by atoms with Gasteiger partial charge in [0.25, 0.3) is 0 Å². The quantitative estimate of drug-likeness (QED) is 0.230. The number of aliphatic hydroxyl groups excluding tert-OH is 1. The van der Waals surface area contributed by atoms with Crippen molar-refractivity contribution >= 4 is 34.8 Å². The summed E-state index contributed by atoms with van der Waals surface area (Å²) in [7, 11) is 0. The minimum atomic E-state index is -0.608. The lowest BCUT2D eigenvalue weighted by Crippen LogP contribution is -2.46. The predicted octanol–water partition coefficient (Wildman–Crippen LogP) is 5.22. The smallest absolute Gasteiger partial charge is 0.237 e. The van der Waals surface area contributed by atoms with E-state index in [2.05, 4.69) is 46.7 Å². The molecular formula is C28H34Cl2FN5O2. The summed E-state index contributed by atoms with van der Waals surface area (Å²) in [5.74, 6) is -0.625. The number of amides is 1. The summed E-state index contributed by atoms with van der Waals surface area (Å²) in [5, 5.41) is 19.7. The maximum Gasteiger partial charge on any atom is 0.237 e. The van der Waals surface area contributed by atoms with Gasteiger partial charge in [-0.15, -0.1) is 0 Å². The molecule has 1 aliphatic heterocycles. The van der Waals surface area contributed by atoms with Crippen LogP contribution in [0, 0.1) is 11.2 Å². The number of aliphatic hydroxyl groups is 1. The highest BCUT2D eigenvalue weighted by Gasteiger charge is 2.49. The lowest BCUT2D eigenvalue weighted by Gasteiger charge is -2.31. The van der Waals surface area contributed by atoms with Gasteiger partial charge in [0.05, 0.1) is 11.1 Å². The number of nitrogens with one attached hydrogen (secondary N) is 4. The van der Waals surface area contributed by atoms with Crippen molar-refractivity contribution in [3.8, 4) is 0 Å². The van der Waals surface area contributed by atoms with E-state index in [1.807, 2.05) is 18.2 Å². The maximum atomic E-state index is 14.9. The van der Waals surface area contributed by atoms with E-state index in [0.717, 1.165) is 11.4 Å². The van der Waals surface area contributed by atoms with E-state index in [4.69, 9.17) is 23.2 Å². The van der Waals surface area contributed by atoms with Crippen molar-refractivity contribution in [3.05, 3.63) is 81.6 Å². The minimum absolute atomic E-state index is 0.0467. The molecule has 5 N–H and O–H groups in total. The number of rotatable bonds is 9. The fourth-order valence-electron chi connectivity index (χ4n) is 5.43. The first kappa shape index (κ1) is 28.4. The molecule has 204 valence electrons. The summed E-state index contributed by atoms with van der Waals surface area (Å²) in [6.07, 6.45) is 4.70. The summed E-state index contributed by atoms with van der Waals surface area (Å²) in [4.78, 5) is 20.9. The lowest BCUT2D eigenvalue weighted by atomic mass is 9.73. The van der Waals surface area contributed by atoms with Gasteiger partial charge in [-0.05, 0) is 47.2 Å². The Balaban J connectivity index is 1.78. The van der Waals surface area contributed by atoms with Crippen LogP contribution in [0.15, 0.2) is 48.8 Å². The molecule has 1 saturated heterocycles. The van der Waals surface area contributed by atoms with Gasteiger partial charge in [-0.3, -0.25) is 4.79 Å². The largest absolute Gasteiger partial charge is 0.377 e. The fourth-order valence-corrected chi connectivity index (χ4v) is 5.79. The van der Waals surface area contributed by atoms with E-state index >= 15 is 0 Å². The van der Waals surface area contributed by atoms with Crippen molar-refractivity contribution in [3.63, 3.8) is 0 Å². The summed E-state index contributed by atoms with van der Waals surface area (Å²) in [6.45, 7) is 6.45. The van der Waals surface area contributed by atoms with Gasteiger partial charge in [0, 0.05) is 53.9 Å². The second-order valence-electron chi connectivity index (χ2n) is 10.9. The average molecular weight is 563 g/mol. The molecule has 0 unspecified atom stereocenters. The number of carbonyl (C=O) groups is 1. The molecule has 1 fully saturated rings. The molecule has 0 aliphatic carbocycles. The first-order valence-electron chi connectivity index (χ1n) is 12.7. The molecule has 1 amide bonds. The molecule has 0 bridgehead atoms. The van der Waals surface area contributed by atoms with Gasteiger partial charge >= 0.3 is 0 Å². The Morgan fingerprint density at radius 2 is 1.97 bits per heavy atom. The van der Waals surface area contributed by atoms with E-state index in [0.29, 0.717) is 35.7 Å². The highest BCUT2D eigenvalue weighted by Crippen LogP contribution is 2.49. The number of anilines is 1. The Labute approximate surface area is 232 Å². The number of carbonyl (C=O) groups excluding carboxylic acids is 1. The first-order chi connectivity index (χ1) is 18.1. The van der Waals surface area contributed by atoms with Gasteiger partial charge in [0.15, 0.2) is 0 Å². The number of hydrogen-bond acceptors (Lipinski definition) is 5. The number of hydrogen-bond donors (Lipinski definition) is 5. The molecule has 2 aromatic carbocycles. The molecular weight excluding hydrogens is 528 g/mol. The van der Waals surface area contributed by atoms with Crippen LogP contribution in [0.3, 0.4) is 0 Å². The first-order valence-corrected chi connectivity index (χ1v) is 13.4. The molecule has 2 heterocycles. The van der Waals surface area contributed by atoms with Crippen molar-refractivity contribution in [2.75, 3.05) is 18.6 Å². The van der Waals surface area contributed by atoms with Crippen LogP contribution in [0.5, 0.6) is 0 Å². The number of benzene rings is 2. The highest BCUT2D eigenvalue weighted by atomic mass is 35.5. The molecule has 38 heavy (non-hydrogen) atoms. The topological polar surface area (TPSA) is 102 Å². The van der Waals surface area contributed by atoms with Gasteiger partial charge in [-0.2, -0.15) is 0 Å².